The van der Waals surface area contributed by atoms with Gasteiger partial charge in [0.2, 0.25) is 0 Å². The summed E-state index contributed by atoms with van der Waals surface area (Å²) >= 11 is 0. The highest BCUT2D eigenvalue weighted by Crippen LogP contribution is 2.27. The first kappa shape index (κ1) is 15.8. The summed E-state index contributed by atoms with van der Waals surface area (Å²) in [6.45, 7) is 6.27. The highest BCUT2D eigenvalue weighted by molar-refractivity contribution is 5.55. The van der Waals surface area contributed by atoms with Crippen LogP contribution in [0.4, 0.5) is 0 Å². The molecule has 1 heteroatoms. The maximum atomic E-state index is 3.94. The van der Waals surface area contributed by atoms with Crippen molar-refractivity contribution >= 4 is 6.21 Å². The van der Waals surface area contributed by atoms with E-state index in [1.807, 2.05) is 0 Å². The molecule has 0 N–H and O–H groups in total. The third kappa shape index (κ3) is 4.46. The Bertz CT molecular complexity index is 286. The minimum absolute atomic E-state index is 0.705. The van der Waals surface area contributed by atoms with Crippen molar-refractivity contribution in [2.45, 2.75) is 96.1 Å². The molecule has 0 aliphatic heterocycles. The van der Waals surface area contributed by atoms with Crippen LogP contribution in [-0.2, 0) is 0 Å². The van der Waals surface area contributed by atoms with Crippen LogP contribution in [0.2, 0.25) is 0 Å². The predicted molar refractivity (Wildman–Crippen MR) is 88.7 cm³/mol. The monoisotopic (exact) mass is 276 g/mol. The van der Waals surface area contributed by atoms with Crippen LogP contribution in [-0.4, -0.2) is 22.9 Å². The summed E-state index contributed by atoms with van der Waals surface area (Å²) in [4.78, 5) is 0. The Hall–Kier alpha value is -0.590. The van der Waals surface area contributed by atoms with E-state index in [-0.39, 0.29) is 0 Å². The third-order valence-electron chi connectivity index (χ3n) is 5.37. The van der Waals surface area contributed by atoms with Crippen molar-refractivity contribution in [3.05, 3.63) is 12.7 Å². The fourth-order valence-electron chi connectivity index (χ4n) is 4.09. The van der Waals surface area contributed by atoms with Crippen molar-refractivity contribution in [1.29, 1.82) is 0 Å². The Kier molecular flexibility index (Phi) is 6.82. The molecule has 0 aromatic carbocycles. The summed E-state index contributed by atoms with van der Waals surface area (Å²) in [5.41, 5.74) is 0. The first-order valence-corrected chi connectivity index (χ1v) is 9.08. The zero-order valence-electron chi connectivity index (χ0n) is 13.5. The fraction of sp³-hybridized carbons (Fsp3) is 0.842. The van der Waals surface area contributed by atoms with E-state index >= 15 is 0 Å². The molecular formula is C19H34N+. The van der Waals surface area contributed by atoms with Crippen LogP contribution in [0, 0.1) is 5.92 Å². The van der Waals surface area contributed by atoms with Gasteiger partial charge in [0.25, 0.3) is 0 Å². The van der Waals surface area contributed by atoms with Gasteiger partial charge < -0.3 is 0 Å². The van der Waals surface area contributed by atoms with Crippen LogP contribution in [0.15, 0.2) is 12.7 Å². The molecular weight excluding hydrogens is 242 g/mol. The van der Waals surface area contributed by atoms with E-state index in [1.165, 1.54) is 70.6 Å². The van der Waals surface area contributed by atoms with E-state index in [4.69, 9.17) is 0 Å². The number of nitrogens with zero attached hydrogens (tertiary/aromatic N) is 1. The molecule has 0 bridgehead atoms. The van der Waals surface area contributed by atoms with Crippen LogP contribution in [0.5, 0.6) is 0 Å². The molecule has 1 unspecified atom stereocenters. The second kappa shape index (κ2) is 8.64. The van der Waals surface area contributed by atoms with Gasteiger partial charge in [-0.1, -0.05) is 25.8 Å². The lowest BCUT2D eigenvalue weighted by molar-refractivity contribution is -0.605. The van der Waals surface area contributed by atoms with Crippen molar-refractivity contribution in [3.63, 3.8) is 0 Å². The SMILES string of the molecule is C=CCC(C=[N+](C1CCCCC1)C1CCCCC1)CC. The summed E-state index contributed by atoms with van der Waals surface area (Å²) < 4.78 is 2.83. The van der Waals surface area contributed by atoms with Gasteiger partial charge in [0, 0.05) is 31.6 Å². The summed E-state index contributed by atoms with van der Waals surface area (Å²) in [5.74, 6) is 0.705. The number of hydrogen-bond acceptors (Lipinski definition) is 0. The fourth-order valence-corrected chi connectivity index (χ4v) is 4.09. The third-order valence-corrected chi connectivity index (χ3v) is 5.37. The molecule has 1 atom stereocenters. The number of rotatable bonds is 6. The molecule has 1 nitrogen and oxygen atoms in total. The number of hydrogen-bond donors (Lipinski definition) is 0. The van der Waals surface area contributed by atoms with Gasteiger partial charge in [0.05, 0.1) is 0 Å². The molecule has 0 amide bonds. The standard InChI is InChI=1S/C19H34N/c1-3-11-17(4-2)16-20(18-12-7-5-8-13-18)19-14-9-6-10-15-19/h3,16-19H,1,4-15H2,2H3/q+1. The van der Waals surface area contributed by atoms with Gasteiger partial charge in [0.15, 0.2) is 12.1 Å². The molecule has 2 aliphatic carbocycles. The minimum Gasteiger partial charge on any atom is -0.234 e. The van der Waals surface area contributed by atoms with Crippen LogP contribution < -0.4 is 0 Å². The van der Waals surface area contributed by atoms with Gasteiger partial charge in [-0.2, -0.15) is 0 Å². The van der Waals surface area contributed by atoms with E-state index in [1.54, 1.807) is 0 Å². The first-order valence-electron chi connectivity index (χ1n) is 9.08. The Labute approximate surface area is 126 Å². The summed E-state index contributed by atoms with van der Waals surface area (Å²) in [7, 11) is 0. The molecule has 0 radical (unpaired) electrons. The van der Waals surface area contributed by atoms with Gasteiger partial charge in [0.1, 0.15) is 6.21 Å². The van der Waals surface area contributed by atoms with Gasteiger partial charge in [-0.05, 0) is 38.5 Å². The zero-order chi connectivity index (χ0) is 14.2. The van der Waals surface area contributed by atoms with Crippen molar-refractivity contribution in [2.24, 2.45) is 5.92 Å². The maximum absolute atomic E-state index is 3.94. The second-order valence-electron chi connectivity index (χ2n) is 6.87. The highest BCUT2D eigenvalue weighted by Gasteiger charge is 2.32. The molecule has 0 saturated heterocycles. The molecule has 0 aromatic heterocycles. The van der Waals surface area contributed by atoms with Crippen LogP contribution in [0.3, 0.4) is 0 Å². The largest absolute Gasteiger partial charge is 0.234 e. The quantitative estimate of drug-likeness (QED) is 0.350. The van der Waals surface area contributed by atoms with E-state index in [0.717, 1.165) is 18.5 Å². The van der Waals surface area contributed by atoms with Crippen molar-refractivity contribution < 1.29 is 4.58 Å². The topological polar surface area (TPSA) is 3.01 Å². The molecule has 0 aromatic rings. The van der Waals surface area contributed by atoms with Crippen LogP contribution in [0.1, 0.15) is 84.0 Å². The van der Waals surface area contributed by atoms with E-state index < -0.39 is 0 Å². The van der Waals surface area contributed by atoms with Gasteiger partial charge in [-0.15, -0.1) is 6.58 Å². The van der Waals surface area contributed by atoms with Gasteiger partial charge in [-0.25, -0.2) is 4.58 Å². The van der Waals surface area contributed by atoms with Crippen molar-refractivity contribution in [2.75, 3.05) is 0 Å². The van der Waals surface area contributed by atoms with Gasteiger partial charge >= 0.3 is 0 Å². The van der Waals surface area contributed by atoms with Crippen molar-refractivity contribution in [1.82, 2.24) is 0 Å². The first-order chi connectivity index (χ1) is 9.85. The summed E-state index contributed by atoms with van der Waals surface area (Å²) in [6, 6.07) is 1.68. The molecule has 0 heterocycles. The van der Waals surface area contributed by atoms with Crippen LogP contribution in [0.25, 0.3) is 0 Å². The molecule has 2 saturated carbocycles. The lowest BCUT2D eigenvalue weighted by atomic mass is 9.89. The smallest absolute Gasteiger partial charge is 0.152 e. The zero-order valence-corrected chi connectivity index (χ0v) is 13.5. The molecule has 2 rings (SSSR count). The van der Waals surface area contributed by atoms with Crippen molar-refractivity contribution in [3.8, 4) is 0 Å². The Morgan fingerprint density at radius 3 is 1.85 bits per heavy atom. The molecule has 2 fully saturated rings. The molecule has 0 spiro atoms. The van der Waals surface area contributed by atoms with E-state index in [9.17, 15) is 0 Å². The Morgan fingerprint density at radius 1 is 0.950 bits per heavy atom. The van der Waals surface area contributed by atoms with E-state index in [2.05, 4.69) is 30.4 Å². The average molecular weight is 276 g/mol. The normalized spacial score (nSPS) is 23.2. The second-order valence-corrected chi connectivity index (χ2v) is 6.87. The lowest BCUT2D eigenvalue weighted by Gasteiger charge is -2.29. The number of allylic oxidation sites excluding steroid dienone is 1. The molecule has 20 heavy (non-hydrogen) atoms. The average Bonchev–Trinajstić information content (AvgIpc) is 2.53. The van der Waals surface area contributed by atoms with Gasteiger partial charge in [-0.3, -0.25) is 0 Å². The van der Waals surface area contributed by atoms with E-state index in [0.29, 0.717) is 5.92 Å². The predicted octanol–water partition coefficient (Wildman–Crippen LogP) is 5.34. The van der Waals surface area contributed by atoms with Crippen LogP contribution >= 0.6 is 0 Å². The summed E-state index contributed by atoms with van der Waals surface area (Å²) in [5, 5.41) is 0. The minimum atomic E-state index is 0.705. The summed E-state index contributed by atoms with van der Waals surface area (Å²) in [6.07, 6.45) is 21.5. The maximum Gasteiger partial charge on any atom is 0.152 e. The lowest BCUT2D eigenvalue weighted by Crippen LogP contribution is -2.39. The molecule has 114 valence electrons. The molecule has 2 aliphatic rings. The Balaban J connectivity index is 2.12. The highest BCUT2D eigenvalue weighted by atomic mass is 15.1. The Morgan fingerprint density at radius 2 is 1.45 bits per heavy atom.